The Morgan fingerprint density at radius 3 is 2.64 bits per heavy atom. The van der Waals surface area contributed by atoms with Crippen LogP contribution in [0, 0.1) is 5.82 Å². The Bertz CT molecular complexity index is 1070. The van der Waals surface area contributed by atoms with Gasteiger partial charge in [-0.15, -0.1) is 11.3 Å². The lowest BCUT2D eigenvalue weighted by Crippen LogP contribution is -1.96. The van der Waals surface area contributed by atoms with E-state index >= 15 is 0 Å². The molecule has 4 aromatic rings. The van der Waals surface area contributed by atoms with Crippen LogP contribution in [0.1, 0.15) is 10.5 Å². The molecule has 0 amide bonds. The first kappa shape index (κ1) is 15.5. The molecule has 6 heteroatoms. The maximum Gasteiger partial charge on any atom is 0.195 e. The Morgan fingerprint density at radius 1 is 1.16 bits per heavy atom. The van der Waals surface area contributed by atoms with Crippen molar-refractivity contribution in [2.24, 2.45) is 0 Å². The SMILES string of the molecule is COc1ccccc1-c1csc2nc(-c3ccc(F)cc3)c(C=O)n12. The fourth-order valence-corrected chi connectivity index (χ4v) is 3.75. The van der Waals surface area contributed by atoms with Crippen molar-refractivity contribution in [2.75, 3.05) is 7.11 Å². The second-order valence-electron chi connectivity index (χ2n) is 5.41. The van der Waals surface area contributed by atoms with Crippen molar-refractivity contribution in [1.82, 2.24) is 9.38 Å². The minimum Gasteiger partial charge on any atom is -0.496 e. The third-order valence-corrected chi connectivity index (χ3v) is 4.84. The highest BCUT2D eigenvalue weighted by atomic mass is 32.1. The Balaban J connectivity index is 1.97. The summed E-state index contributed by atoms with van der Waals surface area (Å²) in [5.74, 6) is 0.392. The van der Waals surface area contributed by atoms with E-state index in [1.165, 1.54) is 23.5 Å². The largest absolute Gasteiger partial charge is 0.496 e. The number of hydrogen-bond acceptors (Lipinski definition) is 4. The summed E-state index contributed by atoms with van der Waals surface area (Å²) in [4.78, 5) is 17.1. The van der Waals surface area contributed by atoms with E-state index in [0.29, 0.717) is 21.9 Å². The van der Waals surface area contributed by atoms with Gasteiger partial charge in [-0.1, -0.05) is 12.1 Å². The van der Waals surface area contributed by atoms with E-state index in [1.54, 1.807) is 19.2 Å². The molecule has 2 aromatic heterocycles. The van der Waals surface area contributed by atoms with Crippen LogP contribution in [-0.2, 0) is 0 Å². The lowest BCUT2D eigenvalue weighted by atomic mass is 10.1. The van der Waals surface area contributed by atoms with Gasteiger partial charge in [0.25, 0.3) is 0 Å². The van der Waals surface area contributed by atoms with Gasteiger partial charge < -0.3 is 4.74 Å². The van der Waals surface area contributed by atoms with E-state index in [2.05, 4.69) is 4.98 Å². The monoisotopic (exact) mass is 352 g/mol. The van der Waals surface area contributed by atoms with Crippen molar-refractivity contribution < 1.29 is 13.9 Å². The zero-order chi connectivity index (χ0) is 17.4. The van der Waals surface area contributed by atoms with Gasteiger partial charge in [0.2, 0.25) is 0 Å². The molecule has 0 bridgehead atoms. The number of ether oxygens (including phenoxy) is 1. The number of rotatable bonds is 4. The van der Waals surface area contributed by atoms with E-state index in [0.717, 1.165) is 23.3 Å². The summed E-state index contributed by atoms with van der Waals surface area (Å²) in [5.41, 5.74) is 3.38. The normalized spacial score (nSPS) is 11.0. The molecule has 4 rings (SSSR count). The lowest BCUT2D eigenvalue weighted by Gasteiger charge is -2.08. The highest BCUT2D eigenvalue weighted by molar-refractivity contribution is 7.15. The predicted molar refractivity (Wildman–Crippen MR) is 95.8 cm³/mol. The second-order valence-corrected chi connectivity index (χ2v) is 6.25. The first-order chi connectivity index (χ1) is 12.2. The highest BCUT2D eigenvalue weighted by Crippen LogP contribution is 2.36. The van der Waals surface area contributed by atoms with Gasteiger partial charge in [-0.2, -0.15) is 0 Å². The number of hydrogen-bond donors (Lipinski definition) is 0. The van der Waals surface area contributed by atoms with Crippen molar-refractivity contribution >= 4 is 22.6 Å². The van der Waals surface area contributed by atoms with Crippen LogP contribution < -0.4 is 4.74 Å². The van der Waals surface area contributed by atoms with Gasteiger partial charge >= 0.3 is 0 Å². The van der Waals surface area contributed by atoms with Gasteiger partial charge in [0.15, 0.2) is 11.2 Å². The number of imidazole rings is 1. The number of thiazole rings is 1. The topological polar surface area (TPSA) is 43.6 Å². The summed E-state index contributed by atoms with van der Waals surface area (Å²) in [6.07, 6.45) is 0.782. The molecule has 4 nitrogen and oxygen atoms in total. The number of methoxy groups -OCH3 is 1. The Morgan fingerprint density at radius 2 is 1.92 bits per heavy atom. The molecule has 0 unspecified atom stereocenters. The highest BCUT2D eigenvalue weighted by Gasteiger charge is 2.19. The number of fused-ring (bicyclic) bond motifs is 1. The molecule has 0 aliphatic heterocycles. The standard InChI is InChI=1S/C19H13FN2O2S/c1-24-17-5-3-2-4-14(17)16-11-25-19-21-18(15(10-23)22(16)19)12-6-8-13(20)9-7-12/h2-11H,1H3. The third kappa shape index (κ3) is 2.51. The fourth-order valence-electron chi connectivity index (χ4n) is 2.85. The lowest BCUT2D eigenvalue weighted by molar-refractivity contribution is 0.111. The summed E-state index contributed by atoms with van der Waals surface area (Å²) < 4.78 is 20.4. The van der Waals surface area contributed by atoms with Crippen molar-refractivity contribution in [1.29, 1.82) is 0 Å². The van der Waals surface area contributed by atoms with Gasteiger partial charge in [-0.05, 0) is 36.4 Å². The molecule has 0 N–H and O–H groups in total. The zero-order valence-corrected chi connectivity index (χ0v) is 14.1. The van der Waals surface area contributed by atoms with E-state index in [9.17, 15) is 9.18 Å². The molecule has 2 aromatic carbocycles. The van der Waals surface area contributed by atoms with Crippen LogP contribution in [0.25, 0.3) is 27.5 Å². The fraction of sp³-hybridized carbons (Fsp3) is 0.0526. The molecule has 124 valence electrons. The summed E-state index contributed by atoms with van der Waals surface area (Å²) in [6, 6.07) is 13.6. The van der Waals surface area contributed by atoms with E-state index < -0.39 is 0 Å². The maximum absolute atomic E-state index is 13.2. The Labute approximate surface area is 147 Å². The summed E-state index contributed by atoms with van der Waals surface area (Å²) in [5, 5.41) is 1.95. The molecule has 2 heterocycles. The average Bonchev–Trinajstić information content (AvgIpc) is 3.21. The molecule has 0 aliphatic carbocycles. The Kier molecular flexibility index (Phi) is 3.82. The molecular formula is C19H13FN2O2S. The smallest absolute Gasteiger partial charge is 0.195 e. The van der Waals surface area contributed by atoms with Crippen LogP contribution in [0.5, 0.6) is 5.75 Å². The molecule has 0 aliphatic rings. The molecule has 0 spiro atoms. The van der Waals surface area contributed by atoms with Crippen LogP contribution in [0.15, 0.2) is 53.9 Å². The number of para-hydroxylation sites is 1. The van der Waals surface area contributed by atoms with Gasteiger partial charge in [-0.25, -0.2) is 9.37 Å². The number of carbonyl (C=O) groups excluding carboxylic acids is 1. The molecule has 0 atom stereocenters. The number of carbonyl (C=O) groups is 1. The van der Waals surface area contributed by atoms with Gasteiger partial charge in [0.05, 0.1) is 12.8 Å². The quantitative estimate of drug-likeness (QED) is 0.501. The van der Waals surface area contributed by atoms with Crippen LogP contribution in [0.3, 0.4) is 0 Å². The van der Waals surface area contributed by atoms with Gasteiger partial charge in [0.1, 0.15) is 23.0 Å². The van der Waals surface area contributed by atoms with Crippen molar-refractivity contribution in [2.45, 2.75) is 0 Å². The number of aldehydes is 1. The van der Waals surface area contributed by atoms with Crippen LogP contribution >= 0.6 is 11.3 Å². The van der Waals surface area contributed by atoms with Crippen molar-refractivity contribution in [3.8, 4) is 28.3 Å². The third-order valence-electron chi connectivity index (χ3n) is 4.01. The van der Waals surface area contributed by atoms with E-state index in [4.69, 9.17) is 4.74 Å². The first-order valence-corrected chi connectivity index (χ1v) is 8.45. The second kappa shape index (κ2) is 6.14. The molecular weight excluding hydrogens is 339 g/mol. The van der Waals surface area contributed by atoms with Crippen LogP contribution in [0.2, 0.25) is 0 Å². The number of nitrogens with zero attached hydrogens (tertiary/aromatic N) is 2. The first-order valence-electron chi connectivity index (χ1n) is 7.57. The molecule has 0 radical (unpaired) electrons. The molecule has 0 saturated heterocycles. The van der Waals surface area contributed by atoms with Crippen molar-refractivity contribution in [3.05, 3.63) is 65.4 Å². The zero-order valence-electron chi connectivity index (χ0n) is 13.3. The van der Waals surface area contributed by atoms with E-state index in [-0.39, 0.29) is 5.82 Å². The number of halogens is 1. The van der Waals surface area contributed by atoms with Crippen LogP contribution in [0.4, 0.5) is 4.39 Å². The molecule has 0 saturated carbocycles. The summed E-state index contributed by atoms with van der Waals surface area (Å²) >= 11 is 1.44. The minimum atomic E-state index is -0.327. The molecule has 25 heavy (non-hydrogen) atoms. The van der Waals surface area contributed by atoms with Gasteiger partial charge in [-0.3, -0.25) is 9.20 Å². The minimum absolute atomic E-state index is 0.327. The summed E-state index contributed by atoms with van der Waals surface area (Å²) in [7, 11) is 1.61. The van der Waals surface area contributed by atoms with E-state index in [1.807, 2.05) is 34.0 Å². The summed E-state index contributed by atoms with van der Waals surface area (Å²) in [6.45, 7) is 0. The van der Waals surface area contributed by atoms with Crippen molar-refractivity contribution in [3.63, 3.8) is 0 Å². The predicted octanol–water partition coefficient (Wildman–Crippen LogP) is 4.69. The number of aromatic nitrogens is 2. The van der Waals surface area contributed by atoms with Gasteiger partial charge in [0, 0.05) is 16.5 Å². The number of benzene rings is 2. The maximum atomic E-state index is 13.2. The average molecular weight is 352 g/mol. The molecule has 0 fully saturated rings. The van der Waals surface area contributed by atoms with Crippen LogP contribution in [-0.4, -0.2) is 22.8 Å². The Hall–Kier alpha value is -2.99.